The summed E-state index contributed by atoms with van der Waals surface area (Å²) in [6.45, 7) is 0.788. The first-order valence-corrected chi connectivity index (χ1v) is 7.49. The van der Waals surface area contributed by atoms with Crippen LogP contribution in [-0.2, 0) is 14.3 Å². The molecule has 21 heavy (non-hydrogen) atoms. The van der Waals surface area contributed by atoms with E-state index in [1.807, 2.05) is 0 Å². The second kappa shape index (κ2) is 10.1. The van der Waals surface area contributed by atoms with Crippen LogP contribution in [0.2, 0.25) is 0 Å². The summed E-state index contributed by atoms with van der Waals surface area (Å²) in [6, 6.07) is -0.567. The Labute approximate surface area is 124 Å². The highest BCUT2D eigenvalue weighted by Crippen LogP contribution is 2.19. The molecule has 1 fully saturated rings. The summed E-state index contributed by atoms with van der Waals surface area (Å²) in [7, 11) is 0. The number of amides is 3. The fraction of sp³-hybridized carbons (Fsp3) is 0.786. The molecular weight excluding hydrogens is 276 g/mol. The van der Waals surface area contributed by atoms with Crippen molar-refractivity contribution in [3.8, 4) is 0 Å². The number of carbonyl (C=O) groups excluding carboxylic acids is 2. The van der Waals surface area contributed by atoms with Gasteiger partial charge in [-0.15, -0.1) is 0 Å². The standard InChI is InChI=1S/C14H24N2O5/c17-12(7-4-8-13(18)19)16-14(20)15-9-10-21-11-5-2-1-3-6-11/h11H,1-10H2,(H,18,19)(H2,15,16,17,20). The van der Waals surface area contributed by atoms with Crippen LogP contribution in [-0.4, -0.2) is 42.3 Å². The lowest BCUT2D eigenvalue weighted by Gasteiger charge is -2.21. The zero-order valence-corrected chi connectivity index (χ0v) is 12.2. The first kappa shape index (κ1) is 17.4. The van der Waals surface area contributed by atoms with Gasteiger partial charge in [-0.3, -0.25) is 14.9 Å². The predicted octanol–water partition coefficient (Wildman–Crippen LogP) is 1.42. The number of imide groups is 1. The molecule has 0 aromatic rings. The van der Waals surface area contributed by atoms with Crippen LogP contribution in [0.4, 0.5) is 4.79 Å². The third-order valence-corrected chi connectivity index (χ3v) is 3.34. The predicted molar refractivity (Wildman–Crippen MR) is 75.9 cm³/mol. The Morgan fingerprint density at radius 1 is 1.10 bits per heavy atom. The lowest BCUT2D eigenvalue weighted by atomic mass is 9.98. The summed E-state index contributed by atoms with van der Waals surface area (Å²) in [5.74, 6) is -1.42. The molecular formula is C14H24N2O5. The number of ether oxygens (including phenoxy) is 1. The maximum Gasteiger partial charge on any atom is 0.321 e. The molecule has 0 saturated heterocycles. The van der Waals surface area contributed by atoms with E-state index < -0.39 is 17.9 Å². The van der Waals surface area contributed by atoms with Gasteiger partial charge in [-0.1, -0.05) is 19.3 Å². The van der Waals surface area contributed by atoms with E-state index in [1.165, 1.54) is 19.3 Å². The van der Waals surface area contributed by atoms with Crippen LogP contribution in [0.3, 0.4) is 0 Å². The summed E-state index contributed by atoms with van der Waals surface area (Å²) in [5, 5.41) is 13.1. The van der Waals surface area contributed by atoms with Gasteiger partial charge < -0.3 is 15.2 Å². The zero-order chi connectivity index (χ0) is 15.5. The summed E-state index contributed by atoms with van der Waals surface area (Å²) >= 11 is 0. The van der Waals surface area contributed by atoms with Crippen LogP contribution in [0.15, 0.2) is 0 Å². The number of aliphatic carboxylic acids is 1. The summed E-state index contributed by atoms with van der Waals surface area (Å²) in [5.41, 5.74) is 0. The van der Waals surface area contributed by atoms with Gasteiger partial charge in [0.2, 0.25) is 5.91 Å². The topological polar surface area (TPSA) is 105 Å². The fourth-order valence-corrected chi connectivity index (χ4v) is 2.26. The molecule has 0 aliphatic heterocycles. The van der Waals surface area contributed by atoms with Gasteiger partial charge in [-0.2, -0.15) is 0 Å². The Kier molecular flexibility index (Phi) is 8.42. The smallest absolute Gasteiger partial charge is 0.321 e. The minimum Gasteiger partial charge on any atom is -0.481 e. The number of rotatable bonds is 8. The van der Waals surface area contributed by atoms with Crippen molar-refractivity contribution in [3.63, 3.8) is 0 Å². The van der Waals surface area contributed by atoms with Crippen LogP contribution in [0.1, 0.15) is 51.4 Å². The van der Waals surface area contributed by atoms with Gasteiger partial charge in [0.15, 0.2) is 0 Å². The monoisotopic (exact) mass is 300 g/mol. The number of hydrogen-bond donors (Lipinski definition) is 3. The maximum atomic E-state index is 11.4. The molecule has 0 aromatic heterocycles. The molecule has 120 valence electrons. The quantitative estimate of drug-likeness (QED) is 0.588. The SMILES string of the molecule is O=C(O)CCCC(=O)NC(=O)NCCOC1CCCCC1. The number of hydrogen-bond acceptors (Lipinski definition) is 4. The molecule has 0 heterocycles. The molecule has 0 spiro atoms. The molecule has 1 aliphatic rings. The Morgan fingerprint density at radius 3 is 2.48 bits per heavy atom. The van der Waals surface area contributed by atoms with Gasteiger partial charge >= 0.3 is 12.0 Å². The normalized spacial score (nSPS) is 15.4. The minimum atomic E-state index is -0.952. The van der Waals surface area contributed by atoms with Crippen LogP contribution in [0.25, 0.3) is 0 Å². The average Bonchev–Trinajstić information content (AvgIpc) is 2.44. The van der Waals surface area contributed by atoms with E-state index in [0.717, 1.165) is 12.8 Å². The first-order chi connectivity index (χ1) is 10.1. The Hall–Kier alpha value is -1.63. The van der Waals surface area contributed by atoms with Crippen LogP contribution >= 0.6 is 0 Å². The number of carbonyl (C=O) groups is 3. The van der Waals surface area contributed by atoms with Gasteiger partial charge in [-0.05, 0) is 19.3 Å². The zero-order valence-electron chi connectivity index (χ0n) is 12.2. The molecule has 7 nitrogen and oxygen atoms in total. The minimum absolute atomic E-state index is 0.0261. The largest absolute Gasteiger partial charge is 0.481 e. The maximum absolute atomic E-state index is 11.4. The average molecular weight is 300 g/mol. The van der Waals surface area contributed by atoms with E-state index >= 15 is 0 Å². The lowest BCUT2D eigenvalue weighted by molar-refractivity contribution is -0.137. The molecule has 1 saturated carbocycles. The number of carboxylic acids is 1. The van der Waals surface area contributed by atoms with Gasteiger partial charge in [0, 0.05) is 19.4 Å². The second-order valence-electron chi connectivity index (χ2n) is 5.18. The van der Waals surface area contributed by atoms with Crippen molar-refractivity contribution < 1.29 is 24.2 Å². The van der Waals surface area contributed by atoms with Crippen molar-refractivity contribution in [2.24, 2.45) is 0 Å². The van der Waals surface area contributed by atoms with Crippen LogP contribution in [0.5, 0.6) is 0 Å². The summed E-state index contributed by atoms with van der Waals surface area (Å²) in [6.07, 6.45) is 6.28. The third-order valence-electron chi connectivity index (χ3n) is 3.34. The van der Waals surface area contributed by atoms with Crippen molar-refractivity contribution in [1.82, 2.24) is 10.6 Å². The molecule has 0 bridgehead atoms. The van der Waals surface area contributed by atoms with Crippen molar-refractivity contribution in [3.05, 3.63) is 0 Å². The molecule has 0 unspecified atom stereocenters. The van der Waals surface area contributed by atoms with Crippen molar-refractivity contribution >= 4 is 17.9 Å². The van der Waals surface area contributed by atoms with Gasteiger partial charge in [0.1, 0.15) is 0 Å². The lowest BCUT2D eigenvalue weighted by Crippen LogP contribution is -2.41. The molecule has 0 aromatic carbocycles. The third kappa shape index (κ3) is 9.01. The molecule has 0 atom stereocenters. The first-order valence-electron chi connectivity index (χ1n) is 7.49. The highest BCUT2D eigenvalue weighted by molar-refractivity contribution is 5.94. The Balaban J connectivity index is 1.99. The molecule has 0 radical (unpaired) electrons. The second-order valence-corrected chi connectivity index (χ2v) is 5.18. The van der Waals surface area contributed by atoms with Crippen LogP contribution < -0.4 is 10.6 Å². The van der Waals surface area contributed by atoms with Crippen LogP contribution in [0, 0.1) is 0 Å². The Bertz CT molecular complexity index is 353. The Morgan fingerprint density at radius 2 is 1.81 bits per heavy atom. The van der Waals surface area contributed by atoms with E-state index in [2.05, 4.69) is 10.6 Å². The van der Waals surface area contributed by atoms with Gasteiger partial charge in [0.25, 0.3) is 0 Å². The fourth-order valence-electron chi connectivity index (χ4n) is 2.26. The number of carboxylic acid groups (broad SMARTS) is 1. The van der Waals surface area contributed by atoms with Crippen molar-refractivity contribution in [2.45, 2.75) is 57.5 Å². The van der Waals surface area contributed by atoms with E-state index in [1.54, 1.807) is 0 Å². The highest BCUT2D eigenvalue weighted by Gasteiger charge is 2.13. The van der Waals surface area contributed by atoms with E-state index in [0.29, 0.717) is 19.3 Å². The summed E-state index contributed by atoms with van der Waals surface area (Å²) < 4.78 is 5.64. The molecule has 3 N–H and O–H groups in total. The molecule has 1 rings (SSSR count). The van der Waals surface area contributed by atoms with E-state index in [4.69, 9.17) is 9.84 Å². The molecule has 1 aliphatic carbocycles. The number of urea groups is 1. The van der Waals surface area contributed by atoms with Gasteiger partial charge in [0.05, 0.1) is 12.7 Å². The van der Waals surface area contributed by atoms with Gasteiger partial charge in [-0.25, -0.2) is 4.79 Å². The van der Waals surface area contributed by atoms with Crippen molar-refractivity contribution in [1.29, 1.82) is 0 Å². The number of nitrogens with one attached hydrogen (secondary N) is 2. The highest BCUT2D eigenvalue weighted by atomic mass is 16.5. The van der Waals surface area contributed by atoms with E-state index in [9.17, 15) is 14.4 Å². The van der Waals surface area contributed by atoms with Crippen molar-refractivity contribution in [2.75, 3.05) is 13.2 Å². The molecule has 7 heteroatoms. The van der Waals surface area contributed by atoms with E-state index in [-0.39, 0.29) is 19.3 Å². The molecule has 3 amide bonds. The summed E-state index contributed by atoms with van der Waals surface area (Å²) in [4.78, 5) is 33.0.